The SMILES string of the molecule is OC[C@H]1O[C@H](O[C@H]2C=C[C@@H](OCC3=CC=C(CO[C@@H]4C=C[C@H](O[C@H]5O[C@H](CO)[C@@H](O)[C@H](O)[C@H]5O)[C@@H](CO)O4)SS3)O[C@@H]2CO)[C@H](O)[C@@H](O)[C@@H]1O. The molecule has 0 amide bonds. The van der Waals surface area contributed by atoms with Crippen molar-refractivity contribution in [1.29, 1.82) is 0 Å². The van der Waals surface area contributed by atoms with E-state index in [2.05, 4.69) is 0 Å². The Morgan fingerprint density at radius 2 is 0.860 bits per heavy atom. The maximum atomic E-state index is 10.3. The molecule has 0 spiro atoms. The lowest BCUT2D eigenvalue weighted by atomic mass is 9.99. The number of allylic oxidation sites excluding steroid dienone is 2. The average molecular weight is 757 g/mol. The van der Waals surface area contributed by atoms with Gasteiger partial charge in [-0.05, 0) is 24.3 Å². The molecule has 0 saturated carbocycles. The quantitative estimate of drug-likeness (QED) is 0.0599. The number of aliphatic hydroxyl groups excluding tert-OH is 10. The van der Waals surface area contributed by atoms with Gasteiger partial charge in [0.25, 0.3) is 0 Å². The van der Waals surface area contributed by atoms with Crippen LogP contribution in [0.25, 0.3) is 0 Å². The molecule has 2 saturated heterocycles. The van der Waals surface area contributed by atoms with Crippen LogP contribution in [0.15, 0.2) is 46.3 Å². The van der Waals surface area contributed by atoms with Crippen LogP contribution in [0, 0.1) is 0 Å². The second kappa shape index (κ2) is 18.8. The molecule has 2 fully saturated rings. The first kappa shape index (κ1) is 40.1. The smallest absolute Gasteiger partial charge is 0.187 e. The highest BCUT2D eigenvalue weighted by atomic mass is 33.1. The van der Waals surface area contributed by atoms with Crippen LogP contribution in [0.4, 0.5) is 0 Å². The Hall–Kier alpha value is -1.06. The third kappa shape index (κ3) is 9.72. The van der Waals surface area contributed by atoms with E-state index in [1.165, 1.54) is 21.6 Å². The largest absolute Gasteiger partial charge is 0.394 e. The molecule has 5 rings (SSSR count). The van der Waals surface area contributed by atoms with Gasteiger partial charge < -0.3 is 89.0 Å². The van der Waals surface area contributed by atoms with Gasteiger partial charge in [0.05, 0.1) is 39.6 Å². The van der Waals surface area contributed by atoms with Gasteiger partial charge in [0.1, 0.15) is 73.2 Å². The molecule has 0 radical (unpaired) electrons. The van der Waals surface area contributed by atoms with Crippen molar-refractivity contribution < 1.29 is 89.0 Å². The van der Waals surface area contributed by atoms with Crippen molar-refractivity contribution in [3.8, 4) is 0 Å². The van der Waals surface area contributed by atoms with Crippen molar-refractivity contribution >= 4 is 21.6 Å². The summed E-state index contributed by atoms with van der Waals surface area (Å²) in [6.07, 6.45) is -9.84. The van der Waals surface area contributed by atoms with E-state index >= 15 is 0 Å². The molecule has 0 aromatic heterocycles. The number of hydrogen-bond donors (Lipinski definition) is 10. The van der Waals surface area contributed by atoms with Crippen molar-refractivity contribution in [2.24, 2.45) is 0 Å². The fourth-order valence-corrected chi connectivity index (χ4v) is 7.44. The molecule has 5 aliphatic rings. The lowest BCUT2D eigenvalue weighted by molar-refractivity contribution is -0.319. The summed E-state index contributed by atoms with van der Waals surface area (Å²) >= 11 is 0. The molecule has 0 bridgehead atoms. The van der Waals surface area contributed by atoms with Gasteiger partial charge in [-0.25, -0.2) is 0 Å². The molecule has 50 heavy (non-hydrogen) atoms. The van der Waals surface area contributed by atoms with Crippen molar-refractivity contribution in [2.45, 2.75) is 98.4 Å². The maximum absolute atomic E-state index is 10.3. The minimum absolute atomic E-state index is 0.177. The molecule has 16 atom stereocenters. The van der Waals surface area contributed by atoms with Crippen LogP contribution in [-0.4, -0.2) is 189 Å². The zero-order valence-electron chi connectivity index (χ0n) is 26.5. The average Bonchev–Trinajstić information content (AvgIpc) is 3.14. The number of ether oxygens (including phenoxy) is 8. The molecule has 5 aliphatic heterocycles. The summed E-state index contributed by atoms with van der Waals surface area (Å²) in [5.74, 6) is 0. The Kier molecular flexibility index (Phi) is 15.1. The van der Waals surface area contributed by atoms with Crippen LogP contribution in [0.3, 0.4) is 0 Å². The van der Waals surface area contributed by atoms with Crippen LogP contribution < -0.4 is 0 Å². The van der Waals surface area contributed by atoms with E-state index in [9.17, 15) is 51.1 Å². The molecule has 18 nitrogen and oxygen atoms in total. The molecule has 5 heterocycles. The number of hydrogen-bond acceptors (Lipinski definition) is 20. The van der Waals surface area contributed by atoms with E-state index < -0.39 is 125 Å². The Morgan fingerprint density at radius 1 is 0.480 bits per heavy atom. The van der Waals surface area contributed by atoms with Gasteiger partial charge in [-0.1, -0.05) is 33.7 Å². The van der Waals surface area contributed by atoms with Crippen molar-refractivity contribution in [1.82, 2.24) is 0 Å². The standard InChI is InChI=1S/C30H44O18S2/c31-7-17-15(45-29-27(39)25(37)23(35)19(9-33)47-29)3-5-21(43-17)41-11-13-1-2-14(50-49-13)12-42-22-6-4-16(18(8-32)44-22)46-30-28(40)26(38)24(36)20(10-34)48-30/h1-6,15-40H,7-12H2/t15-,16-,17+,18+,19+,20+,21-,22-,23+,24+,25-,26-,27+,28+,29-,30-/m0/s1. The van der Waals surface area contributed by atoms with Gasteiger partial charge in [0.2, 0.25) is 0 Å². The van der Waals surface area contributed by atoms with Crippen LogP contribution in [-0.2, 0) is 37.9 Å². The number of rotatable bonds is 14. The molecule has 0 aliphatic carbocycles. The normalized spacial score (nSPS) is 43.8. The highest BCUT2D eigenvalue weighted by Gasteiger charge is 2.47. The van der Waals surface area contributed by atoms with Crippen molar-refractivity contribution in [2.75, 3.05) is 39.6 Å². The minimum Gasteiger partial charge on any atom is -0.394 e. The lowest BCUT2D eigenvalue weighted by Gasteiger charge is -2.42. The second-order valence-corrected chi connectivity index (χ2v) is 14.3. The summed E-state index contributed by atoms with van der Waals surface area (Å²) in [4.78, 5) is 1.72. The fraction of sp³-hybridized carbons (Fsp3) is 0.733. The van der Waals surface area contributed by atoms with E-state index in [0.717, 1.165) is 9.81 Å². The molecule has 20 heteroatoms. The van der Waals surface area contributed by atoms with Crippen molar-refractivity contribution in [3.05, 3.63) is 46.3 Å². The fourth-order valence-electron chi connectivity index (χ4n) is 5.48. The molecule has 284 valence electrons. The van der Waals surface area contributed by atoms with Gasteiger partial charge in [0.15, 0.2) is 25.2 Å². The van der Waals surface area contributed by atoms with Gasteiger partial charge in [-0.15, -0.1) is 0 Å². The summed E-state index contributed by atoms with van der Waals surface area (Å²) in [6, 6.07) is 0. The monoisotopic (exact) mass is 756 g/mol. The van der Waals surface area contributed by atoms with Gasteiger partial charge in [-0.2, -0.15) is 0 Å². The Balaban J connectivity index is 1.06. The first-order chi connectivity index (χ1) is 24.1. The van der Waals surface area contributed by atoms with Gasteiger partial charge >= 0.3 is 0 Å². The Morgan fingerprint density at radius 3 is 1.20 bits per heavy atom. The number of aliphatic hydroxyl groups is 10. The van der Waals surface area contributed by atoms with E-state index in [0.29, 0.717) is 0 Å². The van der Waals surface area contributed by atoms with E-state index in [1.54, 1.807) is 24.3 Å². The van der Waals surface area contributed by atoms with Crippen LogP contribution in [0.2, 0.25) is 0 Å². The summed E-state index contributed by atoms with van der Waals surface area (Å²) < 4.78 is 45.4. The summed E-state index contributed by atoms with van der Waals surface area (Å²) in [7, 11) is 2.87. The van der Waals surface area contributed by atoms with Crippen LogP contribution in [0.5, 0.6) is 0 Å². The zero-order valence-corrected chi connectivity index (χ0v) is 28.1. The Labute approximate surface area is 294 Å². The molecular formula is C30H44O18S2. The van der Waals surface area contributed by atoms with Crippen LogP contribution >= 0.6 is 21.6 Å². The predicted molar refractivity (Wildman–Crippen MR) is 170 cm³/mol. The highest BCUT2D eigenvalue weighted by molar-refractivity contribution is 8.79. The first-order valence-electron chi connectivity index (χ1n) is 15.9. The minimum atomic E-state index is -1.61. The van der Waals surface area contributed by atoms with E-state index in [4.69, 9.17) is 37.9 Å². The third-order valence-electron chi connectivity index (χ3n) is 8.40. The zero-order chi connectivity index (χ0) is 35.9. The summed E-state index contributed by atoms with van der Waals surface area (Å²) in [5, 5.41) is 99.0. The molecule has 0 aromatic carbocycles. The predicted octanol–water partition coefficient (Wildman–Crippen LogP) is -3.90. The molecule has 10 N–H and O–H groups in total. The molecule has 0 aromatic rings. The third-order valence-corrected chi connectivity index (χ3v) is 11.0. The summed E-state index contributed by atoms with van der Waals surface area (Å²) in [6.45, 7) is -1.78. The lowest BCUT2D eigenvalue weighted by Crippen LogP contribution is -2.60. The van der Waals surface area contributed by atoms with Gasteiger partial charge in [-0.3, -0.25) is 0 Å². The second-order valence-electron chi connectivity index (χ2n) is 11.9. The van der Waals surface area contributed by atoms with Gasteiger partial charge in [0, 0.05) is 9.81 Å². The topological polar surface area (TPSA) is 276 Å². The highest BCUT2D eigenvalue weighted by Crippen LogP contribution is 2.40. The maximum Gasteiger partial charge on any atom is 0.187 e. The Bertz CT molecular complexity index is 1110. The van der Waals surface area contributed by atoms with Crippen molar-refractivity contribution in [3.63, 3.8) is 0 Å². The molecular weight excluding hydrogens is 712 g/mol. The van der Waals surface area contributed by atoms with E-state index in [-0.39, 0.29) is 13.2 Å². The van der Waals surface area contributed by atoms with Crippen LogP contribution in [0.1, 0.15) is 0 Å². The molecule has 0 unspecified atom stereocenters. The summed E-state index contributed by atoms with van der Waals surface area (Å²) in [5.41, 5.74) is 0. The first-order valence-corrected chi connectivity index (χ1v) is 18.0. The van der Waals surface area contributed by atoms with E-state index in [1.807, 2.05) is 12.2 Å².